The second kappa shape index (κ2) is 17.6. The predicted octanol–water partition coefficient (Wildman–Crippen LogP) is 2.16. The van der Waals surface area contributed by atoms with Crippen LogP contribution in [0, 0.1) is 0 Å². The fraction of sp³-hybridized carbons (Fsp3) is 0.531. The van der Waals surface area contributed by atoms with Gasteiger partial charge in [-0.3, -0.25) is 14.4 Å². The van der Waals surface area contributed by atoms with E-state index in [1.165, 1.54) is 4.90 Å². The molecule has 2 saturated heterocycles. The third-order valence-electron chi connectivity index (χ3n) is 8.32. The predicted molar refractivity (Wildman–Crippen MR) is 178 cm³/mol. The number of benzene rings is 1. The van der Waals surface area contributed by atoms with Crippen LogP contribution in [0.2, 0.25) is 0 Å². The maximum absolute atomic E-state index is 14.0. The summed E-state index contributed by atoms with van der Waals surface area (Å²) >= 11 is 6.00. The van der Waals surface area contributed by atoms with E-state index >= 15 is 0 Å². The summed E-state index contributed by atoms with van der Waals surface area (Å²) in [7, 11) is -2.21. The van der Waals surface area contributed by atoms with Gasteiger partial charge in [-0.05, 0) is 74.9 Å². The summed E-state index contributed by atoms with van der Waals surface area (Å²) in [6, 6.07) is 6.75. The molecule has 2 heterocycles. The number of carbonyl (C=O) groups excluding carboxylic acids is 3. The molecule has 1 aromatic carbocycles. The number of nitrogens with two attached hydrogens (primary N) is 1. The molecule has 0 radical (unpaired) electrons. The van der Waals surface area contributed by atoms with Crippen LogP contribution < -0.4 is 21.1 Å². The lowest BCUT2D eigenvalue weighted by Crippen LogP contribution is -2.54. The minimum atomic E-state index is -3.96. The molecule has 2 atom stereocenters. The summed E-state index contributed by atoms with van der Waals surface area (Å²) in [6.45, 7) is 7.84. The van der Waals surface area contributed by atoms with Crippen molar-refractivity contribution in [3.63, 3.8) is 0 Å². The van der Waals surface area contributed by atoms with Gasteiger partial charge in [0.15, 0.2) is 0 Å². The van der Waals surface area contributed by atoms with Crippen LogP contribution in [0.4, 0.5) is 0 Å². The second-order valence-electron chi connectivity index (χ2n) is 11.5. The van der Waals surface area contributed by atoms with Gasteiger partial charge in [0.2, 0.25) is 27.7 Å². The first-order valence-corrected chi connectivity index (χ1v) is 17.5. The van der Waals surface area contributed by atoms with Gasteiger partial charge in [-0.15, -0.1) is 0 Å². The highest BCUT2D eigenvalue weighted by atomic mass is 35.5. The summed E-state index contributed by atoms with van der Waals surface area (Å²) in [6.07, 6.45) is 6.08. The van der Waals surface area contributed by atoms with Crippen molar-refractivity contribution in [2.24, 2.45) is 5.73 Å². The molecule has 3 amide bonds. The topological polar surface area (TPSA) is 154 Å². The standard InChI is InChI=1S/C32H47ClN6O5S/c1-4-25(20-34)26(19-23(2)33)21-36-31(41)29-11-8-18-39(29)32(42)28(37-45(43,44)22-24-9-6-5-7-10-24)12-13-30(40)38(3)27-14-16-35-17-15-27/h4-7,9-10,19,27-29,35,37H,2,8,11-18,20-22,34H2,1,3H3,(H,36,41). The molecule has 0 aliphatic carbocycles. The lowest BCUT2D eigenvalue weighted by molar-refractivity contribution is -0.140. The quantitative estimate of drug-likeness (QED) is 0.210. The summed E-state index contributed by atoms with van der Waals surface area (Å²) in [5.74, 6) is -1.37. The molecular weight excluding hydrogens is 616 g/mol. The van der Waals surface area contributed by atoms with Crippen molar-refractivity contribution in [1.82, 2.24) is 25.2 Å². The summed E-state index contributed by atoms with van der Waals surface area (Å²) < 4.78 is 29.1. The van der Waals surface area contributed by atoms with Crippen molar-refractivity contribution in [2.75, 3.05) is 39.8 Å². The van der Waals surface area contributed by atoms with Gasteiger partial charge >= 0.3 is 0 Å². The molecule has 13 heteroatoms. The Labute approximate surface area is 272 Å². The Morgan fingerprint density at radius 2 is 1.87 bits per heavy atom. The number of carbonyl (C=O) groups is 3. The van der Waals surface area contributed by atoms with Gasteiger partial charge in [0.25, 0.3) is 0 Å². The monoisotopic (exact) mass is 662 g/mol. The Kier molecular flexibility index (Phi) is 14.3. The molecule has 5 N–H and O–H groups in total. The fourth-order valence-corrected chi connectivity index (χ4v) is 7.31. The molecule has 248 valence electrons. The number of nitrogens with zero attached hydrogens (tertiary/aromatic N) is 2. The molecule has 2 aliphatic rings. The molecule has 2 fully saturated rings. The molecule has 0 saturated carbocycles. The number of sulfonamides is 1. The van der Waals surface area contributed by atoms with E-state index in [9.17, 15) is 22.8 Å². The first-order valence-electron chi connectivity index (χ1n) is 15.4. The van der Waals surface area contributed by atoms with Gasteiger partial charge in [-0.25, -0.2) is 13.1 Å². The lowest BCUT2D eigenvalue weighted by atomic mass is 10.0. The largest absolute Gasteiger partial charge is 0.350 e. The van der Waals surface area contributed by atoms with Gasteiger partial charge in [0.1, 0.15) is 12.1 Å². The third kappa shape index (κ3) is 11.1. The normalized spacial score (nSPS) is 18.8. The zero-order valence-corrected chi connectivity index (χ0v) is 27.8. The van der Waals surface area contributed by atoms with Crippen molar-refractivity contribution in [2.45, 2.75) is 69.3 Å². The smallest absolute Gasteiger partial charge is 0.243 e. The third-order valence-corrected chi connectivity index (χ3v) is 9.79. The summed E-state index contributed by atoms with van der Waals surface area (Å²) in [5, 5.41) is 6.45. The van der Waals surface area contributed by atoms with Gasteiger partial charge in [0.05, 0.1) is 5.75 Å². The summed E-state index contributed by atoms with van der Waals surface area (Å²) in [5.41, 5.74) is 7.92. The van der Waals surface area contributed by atoms with Crippen molar-refractivity contribution >= 4 is 39.3 Å². The van der Waals surface area contributed by atoms with Crippen LogP contribution in [-0.4, -0.2) is 93.8 Å². The zero-order chi connectivity index (χ0) is 33.0. The molecule has 2 aliphatic heterocycles. The Bertz CT molecular complexity index is 1360. The van der Waals surface area contributed by atoms with E-state index in [1.54, 1.807) is 48.4 Å². The Morgan fingerprint density at radius 3 is 2.49 bits per heavy atom. The molecule has 0 bridgehead atoms. The fourth-order valence-electron chi connectivity index (χ4n) is 5.81. The van der Waals surface area contributed by atoms with Gasteiger partial charge in [0, 0.05) is 44.2 Å². The van der Waals surface area contributed by atoms with Crippen LogP contribution in [0.3, 0.4) is 0 Å². The first-order chi connectivity index (χ1) is 21.5. The average Bonchev–Trinajstić information content (AvgIpc) is 3.52. The number of piperidine rings is 1. The number of rotatable bonds is 15. The number of amides is 3. The minimum Gasteiger partial charge on any atom is -0.350 e. The Morgan fingerprint density at radius 1 is 1.18 bits per heavy atom. The highest BCUT2D eigenvalue weighted by molar-refractivity contribution is 7.88. The van der Waals surface area contributed by atoms with E-state index < -0.39 is 28.0 Å². The number of hydrogen-bond donors (Lipinski definition) is 4. The highest BCUT2D eigenvalue weighted by Crippen LogP contribution is 2.22. The van der Waals surface area contributed by atoms with E-state index in [2.05, 4.69) is 21.9 Å². The Balaban J connectivity index is 1.76. The molecule has 45 heavy (non-hydrogen) atoms. The minimum absolute atomic E-state index is 0.0168. The van der Waals surface area contributed by atoms with Crippen molar-refractivity contribution in [3.05, 3.63) is 70.8 Å². The van der Waals surface area contributed by atoms with Gasteiger partial charge in [-0.2, -0.15) is 0 Å². The van der Waals surface area contributed by atoms with Gasteiger partial charge < -0.3 is 26.2 Å². The number of allylic oxidation sites excluding steroid dienone is 3. The van der Waals surface area contributed by atoms with Crippen LogP contribution in [0.25, 0.3) is 0 Å². The molecule has 3 rings (SSSR count). The van der Waals surface area contributed by atoms with E-state index in [1.807, 2.05) is 13.0 Å². The summed E-state index contributed by atoms with van der Waals surface area (Å²) in [4.78, 5) is 43.6. The number of nitrogens with one attached hydrogen (secondary N) is 3. The van der Waals surface area contributed by atoms with Crippen molar-refractivity contribution < 1.29 is 22.8 Å². The van der Waals surface area contributed by atoms with E-state index in [0.29, 0.717) is 30.5 Å². The molecule has 1 aromatic rings. The number of hydrogen-bond acceptors (Lipinski definition) is 7. The maximum Gasteiger partial charge on any atom is 0.243 e. The molecule has 11 nitrogen and oxygen atoms in total. The average molecular weight is 663 g/mol. The van der Waals surface area contributed by atoms with Crippen molar-refractivity contribution in [3.8, 4) is 0 Å². The van der Waals surface area contributed by atoms with E-state index in [4.69, 9.17) is 17.3 Å². The van der Waals surface area contributed by atoms with Crippen LogP contribution in [0.15, 0.2) is 65.2 Å². The van der Waals surface area contributed by atoms with Crippen LogP contribution >= 0.6 is 11.6 Å². The SMILES string of the molecule is C=C(Cl)C=C(CNC(=O)C1CCCN1C(=O)C(CCC(=O)N(C)C1CCNCC1)NS(=O)(=O)Cc1ccccc1)C(=CC)CN. The van der Waals surface area contributed by atoms with Crippen molar-refractivity contribution in [1.29, 1.82) is 0 Å². The zero-order valence-electron chi connectivity index (χ0n) is 26.3. The number of halogens is 1. The highest BCUT2D eigenvalue weighted by Gasteiger charge is 2.38. The lowest BCUT2D eigenvalue weighted by Gasteiger charge is -2.32. The first kappa shape index (κ1) is 36.4. The molecule has 2 unspecified atom stereocenters. The number of likely N-dealkylation sites (tertiary alicyclic amines) is 1. The second-order valence-corrected chi connectivity index (χ2v) is 13.7. The Hall–Kier alpha value is -3.03. The van der Waals surface area contributed by atoms with Crippen LogP contribution in [-0.2, 0) is 30.2 Å². The van der Waals surface area contributed by atoms with E-state index in [-0.39, 0.29) is 54.6 Å². The molecular formula is C32H47ClN6O5S. The van der Waals surface area contributed by atoms with Crippen LogP contribution in [0.1, 0.15) is 51.0 Å². The maximum atomic E-state index is 14.0. The molecule has 0 spiro atoms. The molecule has 0 aromatic heterocycles. The van der Waals surface area contributed by atoms with Crippen LogP contribution in [0.5, 0.6) is 0 Å². The van der Waals surface area contributed by atoms with Gasteiger partial charge in [-0.1, -0.05) is 54.6 Å². The van der Waals surface area contributed by atoms with E-state index in [0.717, 1.165) is 31.5 Å².